The molecule has 4 aromatic carbocycles. The van der Waals surface area contributed by atoms with E-state index < -0.39 is 20.2 Å². The van der Waals surface area contributed by atoms with Crippen LogP contribution in [0.4, 0.5) is 0 Å². The molecule has 0 aliphatic heterocycles. The number of hydrogen-bond acceptors (Lipinski definition) is 4. The average molecular weight is 873 g/mol. The number of rotatable bonds is 10. The van der Waals surface area contributed by atoms with Crippen molar-refractivity contribution in [1.29, 1.82) is 0 Å². The quantitative estimate of drug-likeness (QED) is 0.154. The second kappa shape index (κ2) is 39.8. The van der Waals surface area contributed by atoms with E-state index in [0.717, 1.165) is 11.8 Å². The van der Waals surface area contributed by atoms with Gasteiger partial charge < -0.3 is 0 Å². The molecule has 0 saturated heterocycles. The van der Waals surface area contributed by atoms with Crippen LogP contribution in [0.25, 0.3) is 0 Å². The summed E-state index contributed by atoms with van der Waals surface area (Å²) < 4.78 is 51.7. The van der Waals surface area contributed by atoms with Gasteiger partial charge in [-0.1, -0.05) is 231 Å². The topological polar surface area (TPSA) is 109 Å². The molecule has 4 aromatic rings. The van der Waals surface area contributed by atoms with Gasteiger partial charge in [-0.2, -0.15) is 16.8 Å². The normalized spacial score (nSPS) is 12.2. The van der Waals surface area contributed by atoms with E-state index in [4.69, 9.17) is 9.11 Å². The highest BCUT2D eigenvalue weighted by atomic mass is 32.2. The predicted octanol–water partition coefficient (Wildman–Crippen LogP) is 15.9. The molecule has 344 valence electrons. The fourth-order valence-electron chi connectivity index (χ4n) is 4.07. The van der Waals surface area contributed by atoms with Crippen molar-refractivity contribution in [3.05, 3.63) is 144 Å². The molecule has 0 saturated carbocycles. The minimum atomic E-state index is -3.67. The molecule has 0 spiro atoms. The molecule has 0 bridgehead atoms. The van der Waals surface area contributed by atoms with Crippen LogP contribution >= 0.6 is 0 Å². The van der Waals surface area contributed by atoms with Crippen LogP contribution in [0.3, 0.4) is 0 Å². The molecule has 0 aliphatic carbocycles. The molecule has 0 amide bonds. The Hall–Kier alpha value is -3.30. The van der Waals surface area contributed by atoms with Gasteiger partial charge in [0.05, 0.1) is 12.5 Å². The Morgan fingerprint density at radius 3 is 0.533 bits per heavy atom. The molecule has 0 heterocycles. The smallest absolute Gasteiger partial charge is 0.261 e. The van der Waals surface area contributed by atoms with Gasteiger partial charge in [0.15, 0.2) is 0 Å². The van der Waals surface area contributed by atoms with E-state index in [9.17, 15) is 16.8 Å². The fraction of sp³-hybridized carbons (Fsp3) is 0.538. The first kappa shape index (κ1) is 63.3. The molecular weight excluding hydrogens is 785 g/mol. The van der Waals surface area contributed by atoms with Crippen molar-refractivity contribution >= 4 is 20.2 Å². The Labute approximate surface area is 371 Å². The first-order chi connectivity index (χ1) is 27.9. The van der Waals surface area contributed by atoms with E-state index in [1.54, 1.807) is 0 Å². The molecule has 0 radical (unpaired) electrons. The second-order valence-corrected chi connectivity index (χ2v) is 18.9. The summed E-state index contributed by atoms with van der Waals surface area (Å²) in [5.74, 6) is 4.61. The Kier molecular flexibility index (Phi) is 42.0. The van der Waals surface area contributed by atoms with Crippen LogP contribution in [0.15, 0.2) is 121 Å². The van der Waals surface area contributed by atoms with E-state index in [2.05, 4.69) is 218 Å². The van der Waals surface area contributed by atoms with Gasteiger partial charge in [0, 0.05) is 0 Å². The third-order valence-corrected chi connectivity index (χ3v) is 9.56. The third-order valence-electron chi connectivity index (χ3n) is 9.56. The van der Waals surface area contributed by atoms with Crippen LogP contribution in [0.2, 0.25) is 0 Å². The minimum absolute atomic E-state index is 0.709. The van der Waals surface area contributed by atoms with Gasteiger partial charge in [-0.25, -0.2) is 0 Å². The maximum Gasteiger partial charge on any atom is 0.261 e. The Bertz CT molecular complexity index is 1440. The molecule has 4 unspecified atom stereocenters. The highest BCUT2D eigenvalue weighted by Crippen LogP contribution is 2.19. The van der Waals surface area contributed by atoms with Gasteiger partial charge in [0.2, 0.25) is 0 Å². The Morgan fingerprint density at radius 1 is 0.333 bits per heavy atom. The maximum atomic E-state index is 9.19. The van der Waals surface area contributed by atoms with Gasteiger partial charge >= 0.3 is 0 Å². The van der Waals surface area contributed by atoms with Gasteiger partial charge in [-0.05, 0) is 83.4 Å². The molecule has 8 heteroatoms. The summed E-state index contributed by atoms with van der Waals surface area (Å²) in [7, 11) is -7.33. The standard InChI is InChI=1S/4C10H14.2C5H12.2CH4O3S/c4*1-3-9(2)10-7-5-4-6-8-10;2*1-4-5(2)3;2*1-5(2,3)4/h4*4-9H,3H2,1-2H3;2*5H,4H2,1-3H3;2*1H3,(H,2,3,4). The zero-order valence-electron chi connectivity index (χ0n) is 40.6. The Balaban J connectivity index is -0.000000305. The lowest BCUT2D eigenvalue weighted by Crippen LogP contribution is -1.88. The third kappa shape index (κ3) is 49.1. The van der Waals surface area contributed by atoms with Crippen molar-refractivity contribution in [1.82, 2.24) is 0 Å². The van der Waals surface area contributed by atoms with Gasteiger partial charge in [0.25, 0.3) is 20.2 Å². The van der Waals surface area contributed by atoms with Crippen LogP contribution in [-0.2, 0) is 20.2 Å². The second-order valence-electron chi connectivity index (χ2n) is 16.0. The molecule has 0 aromatic heterocycles. The van der Waals surface area contributed by atoms with Crippen molar-refractivity contribution in [3.8, 4) is 0 Å². The molecule has 0 aliphatic rings. The van der Waals surface area contributed by atoms with Crippen molar-refractivity contribution < 1.29 is 25.9 Å². The van der Waals surface area contributed by atoms with Gasteiger partial charge in [-0.3, -0.25) is 9.11 Å². The molecule has 2 N–H and O–H groups in total. The van der Waals surface area contributed by atoms with Crippen molar-refractivity contribution in [2.75, 3.05) is 12.5 Å². The first-order valence-electron chi connectivity index (χ1n) is 22.0. The highest BCUT2D eigenvalue weighted by Gasteiger charge is 2.01. The number of benzene rings is 4. The zero-order chi connectivity index (χ0) is 47.2. The van der Waals surface area contributed by atoms with Crippen LogP contribution in [-0.4, -0.2) is 38.5 Å². The summed E-state index contributed by atoms with van der Waals surface area (Å²) in [6.45, 7) is 31.2. The lowest BCUT2D eigenvalue weighted by atomic mass is 9.99. The van der Waals surface area contributed by atoms with Gasteiger partial charge in [0.1, 0.15) is 0 Å². The molecule has 60 heavy (non-hydrogen) atoms. The molecule has 4 rings (SSSR count). The zero-order valence-corrected chi connectivity index (χ0v) is 42.2. The van der Waals surface area contributed by atoms with E-state index in [-0.39, 0.29) is 0 Å². The number of hydrogen-bond donors (Lipinski definition) is 2. The van der Waals surface area contributed by atoms with E-state index in [1.165, 1.54) is 60.8 Å². The maximum absolute atomic E-state index is 9.19. The van der Waals surface area contributed by atoms with E-state index >= 15 is 0 Å². The summed E-state index contributed by atoms with van der Waals surface area (Å²) in [5, 5.41) is 0. The van der Waals surface area contributed by atoms with Crippen molar-refractivity contribution in [2.24, 2.45) is 11.8 Å². The Morgan fingerprint density at radius 2 is 0.450 bits per heavy atom. The molecular formula is C52H88O6S2. The summed E-state index contributed by atoms with van der Waals surface area (Å²) in [6.07, 6.45) is 8.95. The summed E-state index contributed by atoms with van der Waals surface area (Å²) >= 11 is 0. The van der Waals surface area contributed by atoms with E-state index in [0.29, 0.717) is 36.2 Å². The molecule has 0 fully saturated rings. The van der Waals surface area contributed by atoms with Crippen LogP contribution in [0.5, 0.6) is 0 Å². The van der Waals surface area contributed by atoms with Crippen LogP contribution in [0.1, 0.15) is 181 Å². The highest BCUT2D eigenvalue weighted by molar-refractivity contribution is 7.85. The molecule has 4 atom stereocenters. The SMILES string of the molecule is CCC(C)C.CCC(C)C.CCC(C)c1ccccc1.CCC(C)c1ccccc1.CCC(C)c1ccccc1.CCC(C)c1ccccc1.CS(=O)(=O)O.CS(=O)(=O)O. The monoisotopic (exact) mass is 873 g/mol. The van der Waals surface area contributed by atoms with Crippen molar-refractivity contribution in [3.63, 3.8) is 0 Å². The summed E-state index contributed by atoms with van der Waals surface area (Å²) in [5.41, 5.74) is 5.80. The summed E-state index contributed by atoms with van der Waals surface area (Å²) in [4.78, 5) is 0. The first-order valence-corrected chi connectivity index (χ1v) is 25.7. The average Bonchev–Trinajstić information content (AvgIpc) is 3.23. The van der Waals surface area contributed by atoms with Gasteiger partial charge in [-0.15, -0.1) is 0 Å². The van der Waals surface area contributed by atoms with Crippen LogP contribution < -0.4 is 0 Å². The largest absolute Gasteiger partial charge is 0.286 e. The lowest BCUT2D eigenvalue weighted by Gasteiger charge is -2.06. The minimum Gasteiger partial charge on any atom is -0.286 e. The van der Waals surface area contributed by atoms with E-state index in [1.807, 2.05) is 0 Å². The van der Waals surface area contributed by atoms with Crippen molar-refractivity contribution in [2.45, 2.75) is 159 Å². The molecule has 6 nitrogen and oxygen atoms in total. The summed E-state index contributed by atoms with van der Waals surface area (Å²) in [6, 6.07) is 42.5. The lowest BCUT2D eigenvalue weighted by molar-refractivity contribution is 0.488. The van der Waals surface area contributed by atoms with Crippen LogP contribution in [0, 0.1) is 11.8 Å². The predicted molar refractivity (Wildman–Crippen MR) is 266 cm³/mol. The fourth-order valence-corrected chi connectivity index (χ4v) is 4.07.